The largest absolute Gasteiger partial charge is 0.406 e. The smallest absolute Gasteiger partial charge is 0.317 e. The number of rotatable bonds is 8. The first-order valence-electron chi connectivity index (χ1n) is 7.37. The maximum atomic E-state index is 5.72. The van der Waals surface area contributed by atoms with Crippen LogP contribution in [0.5, 0.6) is 0 Å². The summed E-state index contributed by atoms with van der Waals surface area (Å²) in [5.74, 6) is 0.634. The van der Waals surface area contributed by atoms with Crippen LogP contribution in [-0.4, -0.2) is 35.3 Å². The summed E-state index contributed by atoms with van der Waals surface area (Å²) in [5.41, 5.74) is 1.24. The number of aromatic nitrogens is 3. The van der Waals surface area contributed by atoms with Gasteiger partial charge >= 0.3 is 6.01 Å². The van der Waals surface area contributed by atoms with Gasteiger partial charge in [-0.1, -0.05) is 12.0 Å². The van der Waals surface area contributed by atoms with Crippen molar-refractivity contribution in [3.8, 4) is 0 Å². The molecule has 0 amide bonds. The van der Waals surface area contributed by atoms with E-state index in [4.69, 9.17) is 4.42 Å². The maximum Gasteiger partial charge on any atom is 0.317 e. The van der Waals surface area contributed by atoms with Crippen LogP contribution in [0, 0.1) is 0 Å². The van der Waals surface area contributed by atoms with E-state index in [-0.39, 0.29) is 6.04 Å². The van der Waals surface area contributed by atoms with Crippen LogP contribution >= 0.6 is 0 Å². The molecule has 114 valence electrons. The number of hydrogen-bond donors (Lipinski definition) is 1. The molecule has 1 N–H and O–H groups in total. The molecule has 1 unspecified atom stereocenters. The summed E-state index contributed by atoms with van der Waals surface area (Å²) in [7, 11) is 1.96. The Labute approximate surface area is 125 Å². The van der Waals surface area contributed by atoms with Crippen LogP contribution in [0.4, 0.5) is 6.01 Å². The summed E-state index contributed by atoms with van der Waals surface area (Å²) in [4.78, 5) is 5.99. The van der Waals surface area contributed by atoms with Crippen molar-refractivity contribution in [1.29, 1.82) is 0 Å². The number of likely N-dealkylation sites (N-methyl/N-ethyl adjacent to an activating group) is 1. The van der Waals surface area contributed by atoms with Crippen molar-refractivity contribution in [3.05, 3.63) is 36.0 Å². The van der Waals surface area contributed by atoms with E-state index >= 15 is 0 Å². The fourth-order valence-corrected chi connectivity index (χ4v) is 1.95. The predicted molar refractivity (Wildman–Crippen MR) is 82.2 cm³/mol. The molecule has 21 heavy (non-hydrogen) atoms. The van der Waals surface area contributed by atoms with Gasteiger partial charge in [0.2, 0.25) is 5.89 Å². The fourth-order valence-electron chi connectivity index (χ4n) is 1.95. The highest BCUT2D eigenvalue weighted by Gasteiger charge is 2.15. The first-order valence-corrected chi connectivity index (χ1v) is 7.37. The summed E-state index contributed by atoms with van der Waals surface area (Å²) >= 11 is 0. The highest BCUT2D eigenvalue weighted by molar-refractivity contribution is 5.23. The van der Waals surface area contributed by atoms with E-state index in [1.165, 1.54) is 5.56 Å². The number of nitrogens with one attached hydrogen (secondary N) is 1. The van der Waals surface area contributed by atoms with Crippen LogP contribution in [0.25, 0.3) is 0 Å². The van der Waals surface area contributed by atoms with Gasteiger partial charge in [-0.25, -0.2) is 0 Å². The topological polar surface area (TPSA) is 67.1 Å². The molecule has 0 spiro atoms. The Bertz CT molecular complexity index is 528. The Morgan fingerprint density at radius 1 is 1.29 bits per heavy atom. The van der Waals surface area contributed by atoms with E-state index in [0.29, 0.717) is 11.9 Å². The molecule has 0 saturated heterocycles. The third-order valence-electron chi connectivity index (χ3n) is 3.31. The summed E-state index contributed by atoms with van der Waals surface area (Å²) in [6.07, 6.45) is 5.61. The van der Waals surface area contributed by atoms with Crippen molar-refractivity contribution in [2.24, 2.45) is 0 Å². The zero-order valence-electron chi connectivity index (χ0n) is 12.9. The van der Waals surface area contributed by atoms with Gasteiger partial charge in [0.15, 0.2) is 0 Å². The summed E-state index contributed by atoms with van der Waals surface area (Å²) in [6.45, 7) is 5.93. The molecule has 0 aromatic carbocycles. The lowest BCUT2D eigenvalue weighted by molar-refractivity contribution is 0.416. The van der Waals surface area contributed by atoms with Crippen molar-refractivity contribution in [2.75, 3.05) is 25.0 Å². The van der Waals surface area contributed by atoms with Crippen LogP contribution < -0.4 is 10.2 Å². The molecule has 2 aromatic rings. The molecule has 2 rings (SSSR count). The van der Waals surface area contributed by atoms with Crippen molar-refractivity contribution in [3.63, 3.8) is 0 Å². The second-order valence-corrected chi connectivity index (χ2v) is 5.13. The average molecular weight is 289 g/mol. The van der Waals surface area contributed by atoms with Crippen molar-refractivity contribution in [1.82, 2.24) is 20.5 Å². The lowest BCUT2D eigenvalue weighted by Crippen LogP contribution is -2.21. The molecule has 0 saturated carbocycles. The fraction of sp³-hybridized carbons (Fsp3) is 0.533. The van der Waals surface area contributed by atoms with Gasteiger partial charge in [0.25, 0.3) is 0 Å². The van der Waals surface area contributed by atoms with Crippen LogP contribution in [0.3, 0.4) is 0 Å². The van der Waals surface area contributed by atoms with Gasteiger partial charge in [-0.05, 0) is 44.0 Å². The number of hydrogen-bond acceptors (Lipinski definition) is 6. The summed E-state index contributed by atoms with van der Waals surface area (Å²) in [6, 6.07) is 4.68. The molecule has 0 radical (unpaired) electrons. The van der Waals surface area contributed by atoms with Crippen molar-refractivity contribution in [2.45, 2.75) is 32.7 Å². The van der Waals surface area contributed by atoms with E-state index < -0.39 is 0 Å². The van der Waals surface area contributed by atoms with E-state index in [0.717, 1.165) is 25.9 Å². The number of anilines is 1. The lowest BCUT2D eigenvalue weighted by atomic mass is 10.2. The maximum absolute atomic E-state index is 5.72. The standard InChI is InChI=1S/C15H23N5O/c1-4-8-17-12(2)14-18-19-15(21-14)20(3)11-7-13-5-9-16-10-6-13/h5-6,9-10,12,17H,4,7-8,11H2,1-3H3. The van der Waals surface area contributed by atoms with E-state index in [9.17, 15) is 0 Å². The quantitative estimate of drug-likeness (QED) is 0.803. The first-order chi connectivity index (χ1) is 10.2. The third-order valence-corrected chi connectivity index (χ3v) is 3.31. The molecule has 6 heteroatoms. The Balaban J connectivity index is 1.88. The minimum Gasteiger partial charge on any atom is -0.406 e. The van der Waals surface area contributed by atoms with Gasteiger partial charge < -0.3 is 14.6 Å². The molecule has 1 atom stereocenters. The van der Waals surface area contributed by atoms with Crippen LogP contribution in [0.2, 0.25) is 0 Å². The minimum absolute atomic E-state index is 0.0831. The molecule has 0 aliphatic carbocycles. The van der Waals surface area contributed by atoms with Crippen LogP contribution in [0.1, 0.15) is 37.8 Å². The molecule has 0 aliphatic rings. The third kappa shape index (κ3) is 4.53. The molecule has 0 aliphatic heterocycles. The molecule has 2 heterocycles. The van der Waals surface area contributed by atoms with E-state index in [1.807, 2.05) is 31.0 Å². The highest BCUT2D eigenvalue weighted by atomic mass is 16.4. The second-order valence-electron chi connectivity index (χ2n) is 5.13. The highest BCUT2D eigenvalue weighted by Crippen LogP contribution is 2.16. The zero-order valence-corrected chi connectivity index (χ0v) is 12.9. The van der Waals surface area contributed by atoms with Crippen molar-refractivity contribution >= 4 is 6.01 Å². The second kappa shape index (κ2) is 7.73. The summed E-state index contributed by atoms with van der Waals surface area (Å²) in [5, 5.41) is 11.6. The zero-order chi connectivity index (χ0) is 15.1. The Morgan fingerprint density at radius 3 is 2.76 bits per heavy atom. The molecule has 0 fully saturated rings. The van der Waals surface area contributed by atoms with Gasteiger partial charge in [-0.15, -0.1) is 5.10 Å². The first kappa shape index (κ1) is 15.4. The average Bonchev–Trinajstić information content (AvgIpc) is 3.01. The predicted octanol–water partition coefficient (Wildman–Crippen LogP) is 2.20. The van der Waals surface area contributed by atoms with Gasteiger partial charge in [0.1, 0.15) is 0 Å². The molecular weight excluding hydrogens is 266 g/mol. The Morgan fingerprint density at radius 2 is 2.05 bits per heavy atom. The normalized spacial score (nSPS) is 12.3. The Hall–Kier alpha value is -1.95. The van der Waals surface area contributed by atoms with E-state index in [1.54, 1.807) is 12.4 Å². The lowest BCUT2D eigenvalue weighted by Gasteiger charge is -2.14. The van der Waals surface area contributed by atoms with Crippen LogP contribution in [0.15, 0.2) is 28.9 Å². The number of pyridine rings is 1. The molecular formula is C15H23N5O. The molecule has 6 nitrogen and oxygen atoms in total. The molecule has 2 aromatic heterocycles. The van der Waals surface area contributed by atoms with Gasteiger partial charge in [0, 0.05) is 26.0 Å². The van der Waals surface area contributed by atoms with Gasteiger partial charge in [-0.2, -0.15) is 0 Å². The minimum atomic E-state index is 0.0831. The number of nitrogens with zero attached hydrogens (tertiary/aromatic N) is 4. The SMILES string of the molecule is CCCNC(C)c1nnc(N(C)CCc2ccncc2)o1. The summed E-state index contributed by atoms with van der Waals surface area (Å²) < 4.78 is 5.72. The molecule has 0 bridgehead atoms. The van der Waals surface area contributed by atoms with Gasteiger partial charge in [0.05, 0.1) is 6.04 Å². The Kier molecular flexibility index (Phi) is 5.68. The van der Waals surface area contributed by atoms with E-state index in [2.05, 4.69) is 27.4 Å². The van der Waals surface area contributed by atoms with Gasteiger partial charge in [-0.3, -0.25) is 4.98 Å². The van der Waals surface area contributed by atoms with Crippen LogP contribution in [-0.2, 0) is 6.42 Å². The van der Waals surface area contributed by atoms with Crippen molar-refractivity contribution < 1.29 is 4.42 Å². The monoisotopic (exact) mass is 289 g/mol.